The molecular weight excluding hydrogens is 583 g/mol. The highest BCUT2D eigenvalue weighted by molar-refractivity contribution is 8.04. The van der Waals surface area contributed by atoms with Crippen LogP contribution in [0, 0.1) is 0 Å². The highest BCUT2D eigenvalue weighted by atomic mass is 35.5. The van der Waals surface area contributed by atoms with Gasteiger partial charge in [0.25, 0.3) is 0 Å². The van der Waals surface area contributed by atoms with Crippen molar-refractivity contribution in [3.8, 4) is 0 Å². The summed E-state index contributed by atoms with van der Waals surface area (Å²) >= 11 is 17.2. The number of carbonyl (C=O) groups is 2. The summed E-state index contributed by atoms with van der Waals surface area (Å²) < 4.78 is 1.50. The van der Waals surface area contributed by atoms with Crippen LogP contribution in [0.2, 0.25) is 10.3 Å². The van der Waals surface area contributed by atoms with Crippen molar-refractivity contribution in [2.45, 2.75) is 21.5 Å². The Morgan fingerprint density at radius 3 is 1.56 bits per heavy atom. The third kappa shape index (κ3) is 8.64. The second-order valence-electron chi connectivity index (χ2n) is 6.87. The van der Waals surface area contributed by atoms with Gasteiger partial charge in [-0.05, 0) is 23.3 Å². The highest BCUT2D eigenvalue weighted by Gasteiger charge is 2.12. The third-order valence-electron chi connectivity index (χ3n) is 4.15. The molecule has 4 rings (SSSR count). The van der Waals surface area contributed by atoms with Gasteiger partial charge in [-0.2, -0.15) is 0 Å². The third-order valence-corrected chi connectivity index (χ3v) is 8.80. The van der Waals surface area contributed by atoms with Crippen molar-refractivity contribution in [2.75, 3.05) is 22.1 Å². The van der Waals surface area contributed by atoms with Gasteiger partial charge in [-0.25, -0.2) is 9.97 Å². The molecule has 0 aliphatic rings. The van der Waals surface area contributed by atoms with Crippen molar-refractivity contribution in [1.29, 1.82) is 0 Å². The monoisotopic (exact) mass is 598 g/mol. The zero-order valence-corrected chi connectivity index (χ0v) is 23.0. The summed E-state index contributed by atoms with van der Waals surface area (Å²) in [5.41, 5.74) is 1.51. The predicted molar refractivity (Wildman–Crippen MR) is 144 cm³/mol. The molecule has 0 radical (unpaired) electrons. The lowest BCUT2D eigenvalue weighted by Gasteiger charge is -2.01. The van der Waals surface area contributed by atoms with Crippen LogP contribution < -0.4 is 10.6 Å². The minimum Gasteiger partial charge on any atom is -0.300 e. The Kier molecular flexibility index (Phi) is 9.83. The van der Waals surface area contributed by atoms with Gasteiger partial charge in [-0.15, -0.1) is 20.4 Å². The first kappa shape index (κ1) is 26.7. The van der Waals surface area contributed by atoms with E-state index in [9.17, 15) is 9.59 Å². The Labute approximate surface area is 232 Å². The van der Waals surface area contributed by atoms with Gasteiger partial charge in [0.1, 0.15) is 10.3 Å². The molecule has 4 heterocycles. The number of thioether (sulfide) groups is 2. The molecule has 4 aromatic rings. The van der Waals surface area contributed by atoms with Crippen LogP contribution in [0.25, 0.3) is 0 Å². The maximum atomic E-state index is 12.2. The molecule has 186 valence electrons. The van der Waals surface area contributed by atoms with E-state index in [1.165, 1.54) is 46.2 Å². The van der Waals surface area contributed by atoms with Crippen LogP contribution >= 0.6 is 69.4 Å². The SMILES string of the molecule is O=C(Cc1ccc(Cl)nc1)Nc1nnc(SCCSc2nnc(NC(=O)Cc3ccc(Cl)nc3)s2)s1. The number of nitrogens with one attached hydrogen (secondary N) is 2. The molecule has 4 aromatic heterocycles. The van der Waals surface area contributed by atoms with Gasteiger partial charge in [-0.3, -0.25) is 9.59 Å². The van der Waals surface area contributed by atoms with Gasteiger partial charge in [0.15, 0.2) is 8.68 Å². The lowest BCUT2D eigenvalue weighted by molar-refractivity contribution is -0.116. The molecule has 0 aromatic carbocycles. The number of pyridine rings is 2. The van der Waals surface area contributed by atoms with E-state index in [4.69, 9.17) is 23.2 Å². The molecule has 0 fully saturated rings. The van der Waals surface area contributed by atoms with E-state index in [0.717, 1.165) is 31.3 Å². The van der Waals surface area contributed by atoms with E-state index >= 15 is 0 Å². The molecule has 0 bridgehead atoms. The number of halogens is 2. The average Bonchev–Trinajstić information content (AvgIpc) is 3.49. The first-order chi connectivity index (χ1) is 17.4. The highest BCUT2D eigenvalue weighted by Crippen LogP contribution is 2.29. The molecule has 0 saturated heterocycles. The van der Waals surface area contributed by atoms with Crippen LogP contribution in [0.4, 0.5) is 10.3 Å². The van der Waals surface area contributed by atoms with E-state index in [0.29, 0.717) is 20.6 Å². The molecule has 10 nitrogen and oxygen atoms in total. The van der Waals surface area contributed by atoms with Crippen LogP contribution in [0.15, 0.2) is 45.3 Å². The van der Waals surface area contributed by atoms with Gasteiger partial charge in [0, 0.05) is 23.9 Å². The number of nitrogens with zero attached hydrogens (tertiary/aromatic N) is 6. The summed E-state index contributed by atoms with van der Waals surface area (Å²) in [6, 6.07) is 6.78. The van der Waals surface area contributed by atoms with Gasteiger partial charge in [0.05, 0.1) is 12.8 Å². The zero-order valence-electron chi connectivity index (χ0n) is 18.2. The average molecular weight is 600 g/mol. The smallest absolute Gasteiger partial charge is 0.230 e. The van der Waals surface area contributed by atoms with E-state index in [2.05, 4.69) is 41.0 Å². The maximum Gasteiger partial charge on any atom is 0.230 e. The molecule has 0 spiro atoms. The number of aromatic nitrogens is 6. The standard InChI is InChI=1S/C20H16Cl2N8O2S4/c21-13-3-1-11(9-23-13)7-15(31)25-17-27-29-19(35-17)33-5-6-34-20-30-28-18(36-20)26-16(32)8-12-2-4-14(22)24-10-12/h1-4,9-10H,5-8H2,(H,25,27,31)(H,26,28,32). The van der Waals surface area contributed by atoms with Crippen molar-refractivity contribution in [1.82, 2.24) is 30.4 Å². The van der Waals surface area contributed by atoms with Crippen molar-refractivity contribution >= 4 is 91.5 Å². The molecule has 0 unspecified atom stereocenters. The van der Waals surface area contributed by atoms with Crippen LogP contribution in [0.1, 0.15) is 11.1 Å². The fourth-order valence-corrected chi connectivity index (χ4v) is 6.48. The summed E-state index contributed by atoms with van der Waals surface area (Å²) in [4.78, 5) is 32.3. The van der Waals surface area contributed by atoms with Gasteiger partial charge in [-0.1, -0.05) is 81.5 Å². The Hall–Kier alpha value is -2.36. The Bertz CT molecular complexity index is 1220. The molecule has 0 aliphatic carbocycles. The van der Waals surface area contributed by atoms with Crippen LogP contribution in [0.3, 0.4) is 0 Å². The topological polar surface area (TPSA) is 136 Å². The van der Waals surface area contributed by atoms with E-state index in [1.807, 2.05) is 0 Å². The lowest BCUT2D eigenvalue weighted by atomic mass is 10.2. The fourth-order valence-electron chi connectivity index (χ4n) is 2.61. The fraction of sp³-hybridized carbons (Fsp3) is 0.200. The van der Waals surface area contributed by atoms with E-state index < -0.39 is 0 Å². The normalized spacial score (nSPS) is 10.8. The second-order valence-corrected chi connectivity index (χ2v) is 12.3. The first-order valence-corrected chi connectivity index (χ1v) is 14.5. The van der Waals surface area contributed by atoms with Crippen molar-refractivity contribution < 1.29 is 9.59 Å². The Morgan fingerprint density at radius 1 is 0.722 bits per heavy atom. The van der Waals surface area contributed by atoms with Crippen LogP contribution in [-0.4, -0.2) is 53.7 Å². The summed E-state index contributed by atoms with van der Waals surface area (Å²) in [6.07, 6.45) is 3.47. The molecule has 16 heteroatoms. The number of anilines is 2. The Morgan fingerprint density at radius 2 is 1.17 bits per heavy atom. The number of rotatable bonds is 11. The summed E-state index contributed by atoms with van der Waals surface area (Å²) in [5.74, 6) is 1.11. The molecule has 0 aliphatic heterocycles. The summed E-state index contributed by atoms with van der Waals surface area (Å²) in [5, 5.41) is 23.4. The maximum absolute atomic E-state index is 12.2. The predicted octanol–water partition coefficient (Wildman–Crippen LogP) is 4.73. The molecule has 0 atom stereocenters. The molecule has 2 N–H and O–H groups in total. The summed E-state index contributed by atoms with van der Waals surface area (Å²) in [7, 11) is 0. The first-order valence-electron chi connectivity index (χ1n) is 10.2. The molecular formula is C20H16Cl2N8O2S4. The molecule has 36 heavy (non-hydrogen) atoms. The van der Waals surface area contributed by atoms with Crippen molar-refractivity contribution in [3.05, 3.63) is 58.1 Å². The van der Waals surface area contributed by atoms with Crippen molar-refractivity contribution in [2.24, 2.45) is 0 Å². The number of hydrogen-bond donors (Lipinski definition) is 2. The minimum absolute atomic E-state index is 0.172. The van der Waals surface area contributed by atoms with Gasteiger partial charge < -0.3 is 10.6 Å². The van der Waals surface area contributed by atoms with E-state index in [1.54, 1.807) is 36.7 Å². The van der Waals surface area contributed by atoms with Crippen LogP contribution in [0.5, 0.6) is 0 Å². The molecule has 2 amide bonds. The minimum atomic E-state index is -0.202. The number of amides is 2. The number of hydrogen-bond acceptors (Lipinski definition) is 12. The second kappa shape index (κ2) is 13.3. The molecule has 0 saturated carbocycles. The van der Waals surface area contributed by atoms with E-state index in [-0.39, 0.29) is 24.7 Å². The summed E-state index contributed by atoms with van der Waals surface area (Å²) in [6.45, 7) is 0. The zero-order chi connectivity index (χ0) is 25.3. The quantitative estimate of drug-likeness (QED) is 0.108. The van der Waals surface area contributed by atoms with Gasteiger partial charge in [0.2, 0.25) is 22.1 Å². The number of carbonyl (C=O) groups excluding carboxylic acids is 2. The van der Waals surface area contributed by atoms with Gasteiger partial charge >= 0.3 is 0 Å². The van der Waals surface area contributed by atoms with Crippen LogP contribution in [-0.2, 0) is 22.4 Å². The Balaban J connectivity index is 1.15. The van der Waals surface area contributed by atoms with Crippen molar-refractivity contribution in [3.63, 3.8) is 0 Å². The largest absolute Gasteiger partial charge is 0.300 e. The lowest BCUT2D eigenvalue weighted by Crippen LogP contribution is -2.14.